The standard InChI is InChI=1S/C23H16I2N4O4/c24-19-9-15(10-20(25)23(19)33-14-18-7-2-1-6-17(18)12-26)13-27-28-22(30)11-16-5-3-4-8-21(16)29(31)32/h1-10,13H,11,14H2,(H,28,30)/b27-13+. The van der Waals surface area contributed by atoms with Gasteiger partial charge in [0.2, 0.25) is 5.91 Å². The van der Waals surface area contributed by atoms with Gasteiger partial charge in [0.05, 0.1) is 36.3 Å². The van der Waals surface area contributed by atoms with Crippen molar-refractivity contribution in [2.45, 2.75) is 13.0 Å². The van der Waals surface area contributed by atoms with E-state index >= 15 is 0 Å². The number of carbonyl (C=O) groups excluding carboxylic acids is 1. The quantitative estimate of drug-likeness (QED) is 0.158. The summed E-state index contributed by atoms with van der Waals surface area (Å²) in [6.45, 7) is 0.269. The van der Waals surface area contributed by atoms with Crippen LogP contribution >= 0.6 is 45.2 Å². The molecule has 0 saturated carbocycles. The van der Waals surface area contributed by atoms with Crippen LogP contribution in [0.25, 0.3) is 0 Å². The minimum absolute atomic E-state index is 0.103. The predicted octanol–water partition coefficient (Wildman–Crippen LogP) is 4.95. The summed E-state index contributed by atoms with van der Waals surface area (Å²) < 4.78 is 7.65. The minimum atomic E-state index is -0.516. The van der Waals surface area contributed by atoms with Gasteiger partial charge in [-0.05, 0) is 68.9 Å². The Morgan fingerprint density at radius 1 is 1.12 bits per heavy atom. The van der Waals surface area contributed by atoms with Crippen LogP contribution in [0.3, 0.4) is 0 Å². The Labute approximate surface area is 217 Å². The number of nitriles is 1. The van der Waals surface area contributed by atoms with Crippen molar-refractivity contribution in [2.24, 2.45) is 5.10 Å². The third-order valence-corrected chi connectivity index (χ3v) is 6.08. The smallest absolute Gasteiger partial charge is 0.273 e. The summed E-state index contributed by atoms with van der Waals surface area (Å²) in [6.07, 6.45) is 1.34. The first-order chi connectivity index (χ1) is 15.9. The summed E-state index contributed by atoms with van der Waals surface area (Å²) in [5.41, 5.74) is 4.74. The fourth-order valence-electron chi connectivity index (χ4n) is 2.93. The average Bonchev–Trinajstić information content (AvgIpc) is 2.79. The van der Waals surface area contributed by atoms with E-state index in [0.717, 1.165) is 18.3 Å². The van der Waals surface area contributed by atoms with Gasteiger partial charge in [0, 0.05) is 17.2 Å². The van der Waals surface area contributed by atoms with Crippen LogP contribution in [0.15, 0.2) is 65.8 Å². The number of nitro benzene ring substituents is 1. The molecule has 0 aliphatic rings. The number of ether oxygens (including phenoxy) is 1. The number of rotatable bonds is 8. The number of hydrogen-bond donors (Lipinski definition) is 1. The van der Waals surface area contributed by atoms with Gasteiger partial charge in [-0.15, -0.1) is 0 Å². The van der Waals surface area contributed by atoms with Gasteiger partial charge >= 0.3 is 0 Å². The monoisotopic (exact) mass is 666 g/mol. The number of hydrazone groups is 1. The zero-order chi connectivity index (χ0) is 23.8. The molecule has 0 heterocycles. The van der Waals surface area contributed by atoms with Crippen molar-refractivity contribution < 1.29 is 14.5 Å². The molecule has 0 radical (unpaired) electrons. The Bertz CT molecular complexity index is 1250. The van der Waals surface area contributed by atoms with E-state index in [9.17, 15) is 20.2 Å². The fraction of sp³-hybridized carbons (Fsp3) is 0.0870. The van der Waals surface area contributed by atoms with Crippen LogP contribution in [0.4, 0.5) is 5.69 Å². The number of carbonyl (C=O) groups is 1. The van der Waals surface area contributed by atoms with Crippen molar-refractivity contribution >= 4 is 63.0 Å². The molecule has 3 rings (SSSR count). The highest BCUT2D eigenvalue weighted by molar-refractivity contribution is 14.1. The molecule has 1 amide bonds. The molecule has 0 fully saturated rings. The molecule has 0 aromatic heterocycles. The van der Waals surface area contributed by atoms with Crippen molar-refractivity contribution in [1.82, 2.24) is 5.43 Å². The lowest BCUT2D eigenvalue weighted by molar-refractivity contribution is -0.385. The maximum atomic E-state index is 12.1. The highest BCUT2D eigenvalue weighted by atomic mass is 127. The van der Waals surface area contributed by atoms with Crippen LogP contribution in [0.5, 0.6) is 5.75 Å². The van der Waals surface area contributed by atoms with Gasteiger partial charge in [0.15, 0.2) is 0 Å². The first-order valence-corrected chi connectivity index (χ1v) is 11.7. The van der Waals surface area contributed by atoms with Crippen molar-refractivity contribution in [1.29, 1.82) is 5.26 Å². The van der Waals surface area contributed by atoms with Gasteiger partial charge in [0.1, 0.15) is 12.4 Å². The van der Waals surface area contributed by atoms with Crippen LogP contribution in [-0.4, -0.2) is 17.0 Å². The molecule has 0 saturated heterocycles. The molecule has 3 aromatic rings. The molecule has 0 unspecified atom stereocenters. The second-order valence-electron chi connectivity index (χ2n) is 6.73. The molecule has 0 bridgehead atoms. The summed E-state index contributed by atoms with van der Waals surface area (Å²) in [6, 6.07) is 19.2. The maximum Gasteiger partial charge on any atom is 0.273 e. The van der Waals surface area contributed by atoms with Crippen LogP contribution in [0.2, 0.25) is 0 Å². The molecule has 1 N–H and O–H groups in total. The molecular weight excluding hydrogens is 650 g/mol. The number of amides is 1. The van der Waals surface area contributed by atoms with Gasteiger partial charge in [-0.3, -0.25) is 14.9 Å². The lowest BCUT2D eigenvalue weighted by Gasteiger charge is -2.12. The highest BCUT2D eigenvalue weighted by Crippen LogP contribution is 2.29. The number of nitro groups is 1. The molecular formula is C23H16I2N4O4. The topological polar surface area (TPSA) is 118 Å². The maximum absolute atomic E-state index is 12.1. The van der Waals surface area contributed by atoms with Crippen molar-refractivity contribution in [2.75, 3.05) is 0 Å². The van der Waals surface area contributed by atoms with Crippen molar-refractivity contribution in [3.8, 4) is 11.8 Å². The number of nitrogens with one attached hydrogen (secondary N) is 1. The Morgan fingerprint density at radius 3 is 2.42 bits per heavy atom. The second-order valence-corrected chi connectivity index (χ2v) is 9.05. The lowest BCUT2D eigenvalue weighted by Crippen LogP contribution is -2.20. The first-order valence-electron chi connectivity index (χ1n) is 9.53. The van der Waals surface area contributed by atoms with Crippen molar-refractivity contribution in [3.05, 3.63) is 100 Å². The fourth-order valence-corrected chi connectivity index (χ4v) is 5.05. The second kappa shape index (κ2) is 11.7. The lowest BCUT2D eigenvalue weighted by atomic mass is 10.1. The number of para-hydroxylation sites is 1. The van der Waals surface area contributed by atoms with Gasteiger partial charge in [-0.25, -0.2) is 5.43 Å². The number of nitrogens with zero attached hydrogens (tertiary/aromatic N) is 3. The Morgan fingerprint density at radius 2 is 1.76 bits per heavy atom. The number of benzene rings is 3. The van der Waals surface area contributed by atoms with Crippen LogP contribution in [-0.2, 0) is 17.8 Å². The predicted molar refractivity (Wildman–Crippen MR) is 140 cm³/mol. The summed E-state index contributed by atoms with van der Waals surface area (Å²) in [5.74, 6) is 0.238. The number of halogens is 2. The summed E-state index contributed by atoms with van der Waals surface area (Å²) in [7, 11) is 0. The molecule has 0 aliphatic carbocycles. The van der Waals surface area contributed by atoms with E-state index in [1.807, 2.05) is 30.3 Å². The van der Waals surface area contributed by atoms with E-state index in [1.165, 1.54) is 12.3 Å². The molecule has 3 aromatic carbocycles. The molecule has 10 heteroatoms. The van der Waals surface area contributed by atoms with Crippen molar-refractivity contribution in [3.63, 3.8) is 0 Å². The van der Waals surface area contributed by atoms with Crippen LogP contribution < -0.4 is 10.2 Å². The largest absolute Gasteiger partial charge is 0.487 e. The molecule has 0 atom stereocenters. The zero-order valence-electron chi connectivity index (χ0n) is 17.0. The minimum Gasteiger partial charge on any atom is -0.487 e. The molecule has 8 nitrogen and oxygen atoms in total. The molecule has 0 spiro atoms. The zero-order valence-corrected chi connectivity index (χ0v) is 21.3. The third-order valence-electron chi connectivity index (χ3n) is 4.47. The van der Waals surface area contributed by atoms with E-state index in [0.29, 0.717) is 16.9 Å². The molecule has 166 valence electrons. The first kappa shape index (κ1) is 24.6. The Balaban J connectivity index is 1.63. The van der Waals surface area contributed by atoms with E-state index in [-0.39, 0.29) is 18.7 Å². The highest BCUT2D eigenvalue weighted by Gasteiger charge is 2.15. The van der Waals surface area contributed by atoms with Gasteiger partial charge in [0.25, 0.3) is 5.69 Å². The summed E-state index contributed by atoms with van der Waals surface area (Å²) >= 11 is 4.31. The van der Waals surface area contributed by atoms with Gasteiger partial charge < -0.3 is 4.74 Å². The van der Waals surface area contributed by atoms with E-state index in [4.69, 9.17) is 4.74 Å². The van der Waals surface area contributed by atoms with E-state index < -0.39 is 10.8 Å². The Kier molecular flexibility index (Phi) is 8.72. The number of hydrogen-bond acceptors (Lipinski definition) is 6. The van der Waals surface area contributed by atoms with E-state index in [2.05, 4.69) is 61.8 Å². The molecule has 0 aliphatic heterocycles. The SMILES string of the molecule is N#Cc1ccccc1COc1c(I)cc(/C=N/NC(=O)Cc2ccccc2[N+](=O)[O-])cc1I. The van der Waals surface area contributed by atoms with Crippen LogP contribution in [0, 0.1) is 28.6 Å². The Hall–Kier alpha value is -3.05. The third kappa shape index (κ3) is 6.72. The molecule has 33 heavy (non-hydrogen) atoms. The van der Waals surface area contributed by atoms with Gasteiger partial charge in [-0.1, -0.05) is 36.4 Å². The van der Waals surface area contributed by atoms with Gasteiger partial charge in [-0.2, -0.15) is 10.4 Å². The normalized spacial score (nSPS) is 10.6. The van der Waals surface area contributed by atoms with Crippen LogP contribution in [0.1, 0.15) is 22.3 Å². The van der Waals surface area contributed by atoms with E-state index in [1.54, 1.807) is 24.3 Å². The summed E-state index contributed by atoms with van der Waals surface area (Å²) in [4.78, 5) is 22.7. The average molecular weight is 666 g/mol. The summed E-state index contributed by atoms with van der Waals surface area (Å²) in [5, 5.41) is 24.3.